The van der Waals surface area contributed by atoms with E-state index in [1.807, 2.05) is 11.0 Å². The van der Waals surface area contributed by atoms with Crippen LogP contribution in [0.5, 0.6) is 5.75 Å². The molecular formula is C45H47Cl2FN8O7S. The number of piperidine rings is 1. The van der Waals surface area contributed by atoms with Crippen molar-refractivity contribution in [3.05, 3.63) is 104 Å². The molecular weight excluding hydrogens is 887 g/mol. The van der Waals surface area contributed by atoms with Crippen LogP contribution in [0.1, 0.15) is 99.5 Å². The van der Waals surface area contributed by atoms with Gasteiger partial charge in [-0.3, -0.25) is 43.9 Å². The van der Waals surface area contributed by atoms with Crippen molar-refractivity contribution in [3.63, 3.8) is 0 Å². The van der Waals surface area contributed by atoms with Gasteiger partial charge < -0.3 is 20.7 Å². The Hall–Kier alpha value is -5.62. The molecule has 0 radical (unpaired) electrons. The Bertz CT molecular complexity index is 2470. The van der Waals surface area contributed by atoms with Gasteiger partial charge in [0.1, 0.15) is 11.9 Å². The Morgan fingerprint density at radius 1 is 0.953 bits per heavy atom. The minimum Gasteiger partial charge on any atom is -0.489 e. The molecule has 0 bridgehead atoms. The minimum absolute atomic E-state index is 0.0253. The lowest BCUT2D eigenvalue weighted by atomic mass is 10.0. The quantitative estimate of drug-likeness (QED) is 0.0468. The third kappa shape index (κ3) is 10.3. The number of carbonyl (C=O) groups excluding carboxylic acids is 6. The van der Waals surface area contributed by atoms with E-state index in [0.29, 0.717) is 45.4 Å². The molecule has 6 amide bonds. The van der Waals surface area contributed by atoms with Crippen LogP contribution in [-0.4, -0.2) is 110 Å². The van der Waals surface area contributed by atoms with Crippen molar-refractivity contribution in [3.8, 4) is 5.75 Å². The van der Waals surface area contributed by atoms with Gasteiger partial charge in [0.2, 0.25) is 11.8 Å². The topological polar surface area (TPSA) is 197 Å². The first kappa shape index (κ1) is 46.4. The van der Waals surface area contributed by atoms with Crippen LogP contribution in [0.4, 0.5) is 15.9 Å². The molecule has 336 valence electrons. The molecule has 3 aliphatic heterocycles. The first-order chi connectivity index (χ1) is 30.7. The van der Waals surface area contributed by atoms with Crippen molar-refractivity contribution < 1.29 is 37.9 Å². The second kappa shape index (κ2) is 20.5. The molecule has 4 N–H and O–H groups in total. The van der Waals surface area contributed by atoms with Crippen molar-refractivity contribution in [2.75, 3.05) is 43.0 Å². The first-order valence-electron chi connectivity index (χ1n) is 21.0. The van der Waals surface area contributed by atoms with Crippen molar-refractivity contribution in [1.29, 1.82) is 0 Å². The number of ether oxygens (including phenoxy) is 1. The number of thioether (sulfide) groups is 1. The molecule has 4 heterocycles. The number of hydrogen-bond acceptors (Lipinski definition) is 12. The molecule has 0 saturated carbocycles. The SMILES string of the molecule is C[C@@H]1CN(C(=O)c2ccc(NC(=O)c3cc(OCCc4c(Cl)ccc(F)c4Cl)c(N)nn3)cc2)C[C@H](C)N1CCCCCCSc1cccc2c1C(=O)N([C@@H]1CCC(=O)NC1=O)C2=O. The maximum absolute atomic E-state index is 13.9. The van der Waals surface area contributed by atoms with Gasteiger partial charge >= 0.3 is 0 Å². The molecule has 7 rings (SSSR count). The number of unbranched alkanes of at least 4 members (excludes halogenated alkanes) is 3. The number of nitrogens with two attached hydrogens (primary N) is 1. The zero-order chi connectivity index (χ0) is 45.7. The summed E-state index contributed by atoms with van der Waals surface area (Å²) in [7, 11) is 0. The molecule has 3 aliphatic rings. The molecule has 3 aromatic carbocycles. The Morgan fingerprint density at radius 3 is 2.42 bits per heavy atom. The predicted octanol–water partition coefficient (Wildman–Crippen LogP) is 6.67. The Labute approximate surface area is 383 Å². The molecule has 0 spiro atoms. The number of nitrogens with one attached hydrogen (secondary N) is 2. The number of amides is 6. The second-order valence-corrected chi connectivity index (χ2v) is 17.9. The molecule has 0 aliphatic carbocycles. The van der Waals surface area contributed by atoms with Gasteiger partial charge in [-0.15, -0.1) is 22.0 Å². The number of anilines is 2. The lowest BCUT2D eigenvalue weighted by molar-refractivity contribution is -0.136. The maximum Gasteiger partial charge on any atom is 0.276 e. The normalized spacial score (nSPS) is 18.9. The number of piperazine rings is 1. The molecule has 1 aromatic heterocycles. The summed E-state index contributed by atoms with van der Waals surface area (Å²) in [6, 6.07) is 15.0. The third-order valence-corrected chi connectivity index (χ3v) is 13.5. The number of carbonyl (C=O) groups is 6. The number of rotatable bonds is 16. The van der Waals surface area contributed by atoms with Crippen molar-refractivity contribution in [2.45, 2.75) is 81.8 Å². The van der Waals surface area contributed by atoms with Crippen molar-refractivity contribution in [2.24, 2.45) is 0 Å². The standard InChI is InChI=1S/C45H47Cl2FN8O7S/c1-25-23-54(43(60)27-10-12-28(13-11-27)50-41(58)33-22-35(40(49)53-52-33)63-20-18-29-31(46)14-15-32(48)39(29)47)24-26(2)55(25)19-5-3-4-6-21-64-36-9-7-8-30-38(36)45(62)56(44(30)61)34-16-17-37(57)51-42(34)59/h7-15,22,25-26,34H,3-6,16-21,23-24H2,1-2H3,(H2,49,53)(H,50,58)(H,51,57,59)/t25-,26+,34-/m1/s1. The molecule has 15 nitrogen and oxygen atoms in total. The fourth-order valence-corrected chi connectivity index (χ4v) is 9.89. The van der Waals surface area contributed by atoms with Gasteiger partial charge in [-0.05, 0) is 99.5 Å². The molecule has 19 heteroatoms. The van der Waals surface area contributed by atoms with Gasteiger partial charge in [-0.1, -0.05) is 42.1 Å². The van der Waals surface area contributed by atoms with Crippen molar-refractivity contribution >= 4 is 81.9 Å². The van der Waals surface area contributed by atoms with Crippen LogP contribution in [0.2, 0.25) is 10.0 Å². The second-order valence-electron chi connectivity index (χ2n) is 16.0. The van der Waals surface area contributed by atoms with Gasteiger partial charge in [0, 0.05) is 65.3 Å². The van der Waals surface area contributed by atoms with Crippen LogP contribution in [0.25, 0.3) is 0 Å². The van der Waals surface area contributed by atoms with Gasteiger partial charge in [0.15, 0.2) is 17.3 Å². The van der Waals surface area contributed by atoms with E-state index < -0.39 is 41.4 Å². The highest BCUT2D eigenvalue weighted by Crippen LogP contribution is 2.35. The molecule has 2 saturated heterocycles. The average molecular weight is 934 g/mol. The number of imide groups is 2. The molecule has 4 aromatic rings. The summed E-state index contributed by atoms with van der Waals surface area (Å²) in [5, 5.41) is 12.9. The number of benzene rings is 3. The number of aromatic nitrogens is 2. The summed E-state index contributed by atoms with van der Waals surface area (Å²) < 4.78 is 19.6. The summed E-state index contributed by atoms with van der Waals surface area (Å²) in [5.74, 6) is -2.47. The predicted molar refractivity (Wildman–Crippen MR) is 240 cm³/mol. The zero-order valence-electron chi connectivity index (χ0n) is 35.2. The summed E-state index contributed by atoms with van der Waals surface area (Å²) in [5.41, 5.74) is 7.79. The van der Waals surface area contributed by atoms with E-state index in [2.05, 4.69) is 39.6 Å². The summed E-state index contributed by atoms with van der Waals surface area (Å²) in [6.45, 7) is 6.33. The fraction of sp³-hybridized carbons (Fsp3) is 0.378. The number of nitrogens with zero attached hydrogens (tertiary/aromatic N) is 5. The van der Waals surface area contributed by atoms with E-state index in [9.17, 15) is 33.2 Å². The van der Waals surface area contributed by atoms with Crippen LogP contribution in [0.15, 0.2) is 65.6 Å². The Morgan fingerprint density at radius 2 is 1.69 bits per heavy atom. The highest BCUT2D eigenvalue weighted by molar-refractivity contribution is 7.99. The van der Waals surface area contributed by atoms with Crippen LogP contribution >= 0.6 is 35.0 Å². The summed E-state index contributed by atoms with van der Waals surface area (Å²) in [6.07, 6.45) is 4.28. The molecule has 2 fully saturated rings. The van der Waals surface area contributed by atoms with E-state index in [1.165, 1.54) is 30.0 Å². The summed E-state index contributed by atoms with van der Waals surface area (Å²) in [4.78, 5) is 83.3. The highest BCUT2D eigenvalue weighted by atomic mass is 35.5. The average Bonchev–Trinajstić information content (AvgIpc) is 3.53. The molecule has 64 heavy (non-hydrogen) atoms. The number of fused-ring (bicyclic) bond motifs is 1. The van der Waals surface area contributed by atoms with Gasteiger partial charge in [0.05, 0.1) is 22.8 Å². The third-order valence-electron chi connectivity index (χ3n) is 11.5. The lowest BCUT2D eigenvalue weighted by Gasteiger charge is -2.44. The Kier molecular flexibility index (Phi) is 14.8. The number of halogens is 3. The zero-order valence-corrected chi connectivity index (χ0v) is 37.5. The van der Waals surface area contributed by atoms with Crippen LogP contribution in [-0.2, 0) is 16.0 Å². The fourth-order valence-electron chi connectivity index (χ4n) is 8.25. The van der Waals surface area contributed by atoms with Gasteiger partial charge in [0.25, 0.3) is 23.6 Å². The maximum atomic E-state index is 13.9. The lowest BCUT2D eigenvalue weighted by Crippen LogP contribution is -2.58. The number of hydrogen-bond donors (Lipinski definition) is 3. The Balaban J connectivity index is 0.826. The number of nitrogen functional groups attached to an aromatic ring is 1. The largest absolute Gasteiger partial charge is 0.489 e. The van der Waals surface area contributed by atoms with E-state index in [4.69, 9.17) is 33.7 Å². The van der Waals surface area contributed by atoms with Gasteiger partial charge in [-0.25, -0.2) is 4.39 Å². The highest BCUT2D eigenvalue weighted by Gasteiger charge is 2.45. The van der Waals surface area contributed by atoms with Crippen LogP contribution in [0.3, 0.4) is 0 Å². The van der Waals surface area contributed by atoms with Crippen molar-refractivity contribution in [1.82, 2.24) is 30.2 Å². The first-order valence-corrected chi connectivity index (χ1v) is 22.8. The smallest absolute Gasteiger partial charge is 0.276 e. The molecule has 0 unspecified atom stereocenters. The molecule has 3 atom stereocenters. The summed E-state index contributed by atoms with van der Waals surface area (Å²) >= 11 is 13.7. The van der Waals surface area contributed by atoms with E-state index in [0.717, 1.165) is 42.9 Å². The van der Waals surface area contributed by atoms with E-state index in [-0.39, 0.29) is 71.7 Å². The van der Waals surface area contributed by atoms with Crippen LogP contribution < -0.4 is 21.1 Å². The monoisotopic (exact) mass is 932 g/mol. The van der Waals surface area contributed by atoms with E-state index in [1.54, 1.807) is 36.4 Å². The minimum atomic E-state index is -0.994. The van der Waals surface area contributed by atoms with E-state index >= 15 is 0 Å². The van der Waals surface area contributed by atoms with Crippen LogP contribution in [0, 0.1) is 5.82 Å². The van der Waals surface area contributed by atoms with Gasteiger partial charge in [-0.2, -0.15) is 0 Å².